The smallest absolute Gasteiger partial charge is 0.178 e. The van der Waals surface area contributed by atoms with E-state index >= 15 is 0 Å². The second kappa shape index (κ2) is 6.49. The van der Waals surface area contributed by atoms with Crippen molar-refractivity contribution >= 4 is 31.5 Å². The highest BCUT2D eigenvalue weighted by Gasteiger charge is 2.10. The molecular weight excluding hydrogens is 354 g/mol. The number of sulfone groups is 1. The first kappa shape index (κ1) is 15.9. The third-order valence-corrected chi connectivity index (χ3v) is 5.54. The molecule has 0 saturated heterocycles. The van der Waals surface area contributed by atoms with Gasteiger partial charge in [0.1, 0.15) is 5.75 Å². The van der Waals surface area contributed by atoms with Crippen LogP contribution in [-0.2, 0) is 16.4 Å². The number of phenols is 1. The van der Waals surface area contributed by atoms with Crippen molar-refractivity contribution in [2.24, 2.45) is 0 Å². The lowest BCUT2D eigenvalue weighted by Crippen LogP contribution is -2.04. The zero-order chi connectivity index (χ0) is 15.5. The van der Waals surface area contributed by atoms with Crippen LogP contribution in [0.5, 0.6) is 5.75 Å². The van der Waals surface area contributed by atoms with Gasteiger partial charge in [-0.15, -0.1) is 0 Å². The van der Waals surface area contributed by atoms with Crippen molar-refractivity contribution in [1.29, 1.82) is 0 Å². The molecule has 2 aromatic rings. The maximum absolute atomic E-state index is 11.7. The molecule has 0 atom stereocenters. The number of rotatable bonds is 5. The van der Waals surface area contributed by atoms with Crippen molar-refractivity contribution in [2.45, 2.75) is 18.4 Å². The highest BCUT2D eigenvalue weighted by molar-refractivity contribution is 9.10. The zero-order valence-corrected chi connectivity index (χ0v) is 13.9. The Morgan fingerprint density at radius 3 is 2.43 bits per heavy atom. The number of hydrogen-bond acceptors (Lipinski definition) is 4. The van der Waals surface area contributed by atoms with Gasteiger partial charge in [0.25, 0.3) is 0 Å². The first-order chi connectivity index (χ1) is 9.94. The topological polar surface area (TPSA) is 66.4 Å². The van der Waals surface area contributed by atoms with Gasteiger partial charge in [-0.05, 0) is 46.3 Å². The maximum Gasteiger partial charge on any atom is 0.178 e. The van der Waals surface area contributed by atoms with Gasteiger partial charge in [-0.2, -0.15) is 0 Å². The molecule has 0 fully saturated rings. The van der Waals surface area contributed by atoms with Crippen LogP contribution in [0.1, 0.15) is 12.5 Å². The molecular formula is C15H16BrNO3S. The van der Waals surface area contributed by atoms with Crippen molar-refractivity contribution in [3.8, 4) is 5.75 Å². The number of anilines is 1. The normalized spacial score (nSPS) is 11.3. The zero-order valence-electron chi connectivity index (χ0n) is 11.5. The van der Waals surface area contributed by atoms with Gasteiger partial charge in [0, 0.05) is 17.8 Å². The molecule has 112 valence electrons. The average Bonchev–Trinajstić information content (AvgIpc) is 2.49. The highest BCUT2D eigenvalue weighted by Crippen LogP contribution is 2.28. The summed E-state index contributed by atoms with van der Waals surface area (Å²) in [6.07, 6.45) is 0. The van der Waals surface area contributed by atoms with Gasteiger partial charge in [-0.3, -0.25) is 0 Å². The molecule has 2 aromatic carbocycles. The Labute approximate surface area is 132 Å². The minimum Gasteiger partial charge on any atom is -0.506 e. The predicted molar refractivity (Wildman–Crippen MR) is 87.3 cm³/mol. The molecule has 6 heteroatoms. The van der Waals surface area contributed by atoms with Crippen LogP contribution in [0.25, 0.3) is 0 Å². The third-order valence-electron chi connectivity index (χ3n) is 3.15. The summed E-state index contributed by atoms with van der Waals surface area (Å²) in [5.41, 5.74) is 1.55. The molecule has 0 aliphatic carbocycles. The molecule has 0 radical (unpaired) electrons. The summed E-state index contributed by atoms with van der Waals surface area (Å²) in [6, 6.07) is 12.0. The van der Waals surface area contributed by atoms with E-state index < -0.39 is 9.84 Å². The van der Waals surface area contributed by atoms with Crippen LogP contribution in [-0.4, -0.2) is 19.3 Å². The van der Waals surface area contributed by atoms with Crippen LogP contribution in [0.3, 0.4) is 0 Å². The molecule has 0 heterocycles. The first-order valence-corrected chi connectivity index (χ1v) is 8.91. The first-order valence-electron chi connectivity index (χ1n) is 6.47. The Morgan fingerprint density at radius 1 is 1.14 bits per heavy atom. The number of para-hydroxylation sites is 1. The monoisotopic (exact) mass is 369 g/mol. The van der Waals surface area contributed by atoms with Gasteiger partial charge in [-0.1, -0.05) is 19.1 Å². The van der Waals surface area contributed by atoms with Crippen molar-refractivity contribution < 1.29 is 13.5 Å². The summed E-state index contributed by atoms with van der Waals surface area (Å²) < 4.78 is 24.1. The van der Waals surface area contributed by atoms with Gasteiger partial charge in [0.2, 0.25) is 0 Å². The van der Waals surface area contributed by atoms with E-state index in [1.807, 2.05) is 12.1 Å². The molecule has 0 saturated carbocycles. The summed E-state index contributed by atoms with van der Waals surface area (Å²) in [7, 11) is -3.17. The summed E-state index contributed by atoms with van der Waals surface area (Å²) in [5.74, 6) is 0.293. The minimum atomic E-state index is -3.17. The highest BCUT2D eigenvalue weighted by atomic mass is 79.9. The van der Waals surface area contributed by atoms with Gasteiger partial charge < -0.3 is 10.4 Å². The lowest BCUT2D eigenvalue weighted by atomic mass is 10.2. The van der Waals surface area contributed by atoms with Crippen LogP contribution >= 0.6 is 15.9 Å². The summed E-state index contributed by atoms with van der Waals surface area (Å²) in [5, 5.41) is 13.0. The van der Waals surface area contributed by atoms with E-state index in [1.54, 1.807) is 37.3 Å². The van der Waals surface area contributed by atoms with E-state index in [0.717, 1.165) is 11.3 Å². The quantitative estimate of drug-likeness (QED) is 0.845. The van der Waals surface area contributed by atoms with Crippen molar-refractivity contribution in [3.05, 3.63) is 52.5 Å². The Kier molecular flexibility index (Phi) is 4.90. The fourth-order valence-corrected chi connectivity index (χ4v) is 3.14. The molecule has 0 unspecified atom stereocenters. The van der Waals surface area contributed by atoms with Crippen LogP contribution < -0.4 is 5.32 Å². The van der Waals surface area contributed by atoms with Gasteiger partial charge >= 0.3 is 0 Å². The van der Waals surface area contributed by atoms with Crippen LogP contribution in [0, 0.1) is 0 Å². The van der Waals surface area contributed by atoms with Gasteiger partial charge in [0.05, 0.1) is 15.1 Å². The molecule has 4 nitrogen and oxygen atoms in total. The molecule has 21 heavy (non-hydrogen) atoms. The number of benzene rings is 2. The van der Waals surface area contributed by atoms with Crippen molar-refractivity contribution in [1.82, 2.24) is 0 Å². The van der Waals surface area contributed by atoms with E-state index in [9.17, 15) is 13.5 Å². The fourth-order valence-electron chi connectivity index (χ4n) is 1.85. The molecule has 0 aromatic heterocycles. The molecule has 2 rings (SSSR count). The Morgan fingerprint density at radius 2 is 1.81 bits per heavy atom. The van der Waals surface area contributed by atoms with E-state index in [0.29, 0.717) is 15.9 Å². The predicted octanol–water partition coefficient (Wildman–Crippen LogP) is 3.56. The number of aromatic hydroxyl groups is 1. The van der Waals surface area contributed by atoms with E-state index in [2.05, 4.69) is 21.2 Å². The average molecular weight is 370 g/mol. The van der Waals surface area contributed by atoms with Crippen molar-refractivity contribution in [2.75, 3.05) is 11.1 Å². The van der Waals surface area contributed by atoms with Crippen LogP contribution in [0.2, 0.25) is 0 Å². The summed E-state index contributed by atoms with van der Waals surface area (Å²) in [4.78, 5) is 0.320. The van der Waals surface area contributed by atoms with Crippen LogP contribution in [0.15, 0.2) is 51.8 Å². The lowest BCUT2D eigenvalue weighted by Gasteiger charge is -2.10. The third kappa shape index (κ3) is 3.77. The largest absolute Gasteiger partial charge is 0.506 e. The maximum atomic E-state index is 11.7. The molecule has 0 aliphatic rings. The fraction of sp³-hybridized carbons (Fsp3) is 0.200. The van der Waals surface area contributed by atoms with E-state index in [4.69, 9.17) is 0 Å². The molecule has 0 spiro atoms. The van der Waals surface area contributed by atoms with Gasteiger partial charge in [-0.25, -0.2) is 8.42 Å². The molecule has 0 bridgehead atoms. The Bertz CT molecular complexity index is 727. The molecule has 2 N–H and O–H groups in total. The second-order valence-corrected chi connectivity index (χ2v) is 7.66. The number of phenolic OH excluding ortho intramolecular Hbond substituents is 1. The summed E-state index contributed by atoms with van der Waals surface area (Å²) in [6.45, 7) is 2.07. The Balaban J connectivity index is 2.09. The Hall–Kier alpha value is -1.53. The van der Waals surface area contributed by atoms with E-state index in [1.165, 1.54) is 0 Å². The number of halogens is 1. The number of nitrogens with one attached hydrogen (secondary N) is 1. The van der Waals surface area contributed by atoms with E-state index in [-0.39, 0.29) is 11.5 Å². The lowest BCUT2D eigenvalue weighted by molar-refractivity contribution is 0.465. The second-order valence-electron chi connectivity index (χ2n) is 4.53. The van der Waals surface area contributed by atoms with Crippen LogP contribution in [0.4, 0.5) is 5.69 Å². The van der Waals surface area contributed by atoms with Gasteiger partial charge in [0.15, 0.2) is 9.84 Å². The SMILES string of the molecule is CCS(=O)(=O)c1ccc(NCc2cccc(Br)c2O)cc1. The summed E-state index contributed by atoms with van der Waals surface area (Å²) >= 11 is 3.27. The van der Waals surface area contributed by atoms with Crippen molar-refractivity contribution in [3.63, 3.8) is 0 Å². The standard InChI is InChI=1S/C15H16BrNO3S/c1-2-21(19,20)13-8-6-12(7-9-13)17-10-11-4-3-5-14(16)15(11)18/h3-9,17-18H,2,10H2,1H3. The number of hydrogen-bond donors (Lipinski definition) is 2. The molecule has 0 aliphatic heterocycles. The minimum absolute atomic E-state index is 0.0890. The molecule has 0 amide bonds.